The van der Waals surface area contributed by atoms with Crippen LogP contribution in [-0.4, -0.2) is 65.3 Å². The normalized spacial score (nSPS) is 27.5. The number of rotatable bonds is 5. The van der Waals surface area contributed by atoms with Crippen LogP contribution < -0.4 is 11.1 Å². The topological polar surface area (TPSA) is 105 Å². The molecular formula is C20H28FN3O4. The van der Waals surface area contributed by atoms with Gasteiger partial charge < -0.3 is 20.9 Å². The number of hydrogen-bond acceptors (Lipinski definition) is 5. The number of aliphatic hydroxyl groups excluding tert-OH is 1. The Hall–Kier alpha value is -2.03. The van der Waals surface area contributed by atoms with E-state index in [9.17, 15) is 19.1 Å². The Balaban J connectivity index is 1.64. The lowest BCUT2D eigenvalue weighted by molar-refractivity contribution is -0.207. The first-order chi connectivity index (χ1) is 13.2. The van der Waals surface area contributed by atoms with E-state index in [0.717, 1.165) is 0 Å². The third kappa shape index (κ3) is 4.51. The molecule has 2 atom stereocenters. The molecule has 2 amide bonds. The maximum absolute atomic E-state index is 13.3. The molecule has 28 heavy (non-hydrogen) atoms. The maximum atomic E-state index is 13.3. The Morgan fingerprint density at radius 1 is 1.36 bits per heavy atom. The van der Waals surface area contributed by atoms with Crippen LogP contribution in [0.2, 0.25) is 0 Å². The number of piperidine rings is 1. The number of carbonyl (C=O) groups excluding carboxylic acids is 2. The molecule has 2 heterocycles. The summed E-state index contributed by atoms with van der Waals surface area (Å²) >= 11 is 0. The van der Waals surface area contributed by atoms with Gasteiger partial charge in [-0.3, -0.25) is 14.5 Å². The first kappa shape index (κ1) is 20.7. The first-order valence-corrected chi connectivity index (χ1v) is 9.61. The van der Waals surface area contributed by atoms with Gasteiger partial charge in [-0.25, -0.2) is 4.39 Å². The molecule has 0 aromatic heterocycles. The molecule has 0 radical (unpaired) electrons. The third-order valence-corrected chi connectivity index (χ3v) is 5.87. The second-order valence-electron chi connectivity index (χ2n) is 8.08. The number of nitrogens with two attached hydrogens (primary N) is 1. The van der Waals surface area contributed by atoms with E-state index in [0.29, 0.717) is 44.5 Å². The first-order valence-electron chi connectivity index (χ1n) is 9.61. The van der Waals surface area contributed by atoms with Crippen molar-refractivity contribution in [2.45, 2.75) is 49.9 Å². The molecule has 3 rings (SSSR count). The van der Waals surface area contributed by atoms with Crippen molar-refractivity contribution in [2.24, 2.45) is 5.73 Å². The average Bonchev–Trinajstić information content (AvgIpc) is 2.61. The van der Waals surface area contributed by atoms with Gasteiger partial charge in [0.15, 0.2) is 0 Å². The summed E-state index contributed by atoms with van der Waals surface area (Å²) in [5.41, 5.74) is 4.24. The van der Waals surface area contributed by atoms with Crippen molar-refractivity contribution in [1.29, 1.82) is 0 Å². The van der Waals surface area contributed by atoms with Crippen molar-refractivity contribution < 1.29 is 23.8 Å². The highest BCUT2D eigenvalue weighted by Crippen LogP contribution is 2.39. The van der Waals surface area contributed by atoms with Crippen molar-refractivity contribution in [3.63, 3.8) is 0 Å². The molecule has 0 aliphatic carbocycles. The van der Waals surface area contributed by atoms with Gasteiger partial charge in [-0.15, -0.1) is 0 Å². The van der Waals surface area contributed by atoms with Crippen LogP contribution in [0.1, 0.15) is 31.7 Å². The van der Waals surface area contributed by atoms with E-state index in [1.807, 2.05) is 11.8 Å². The number of hydrogen-bond donors (Lipinski definition) is 3. The number of nitrogens with one attached hydrogen (secondary N) is 1. The molecule has 1 spiro atoms. The Labute approximate surface area is 164 Å². The van der Waals surface area contributed by atoms with Gasteiger partial charge in [0, 0.05) is 19.7 Å². The lowest BCUT2D eigenvalue weighted by Crippen LogP contribution is -2.69. The molecule has 8 heteroatoms. The second kappa shape index (κ2) is 8.14. The number of amides is 2. The van der Waals surface area contributed by atoms with Crippen LogP contribution in [0.5, 0.6) is 0 Å². The minimum absolute atomic E-state index is 0.0420. The van der Waals surface area contributed by atoms with E-state index >= 15 is 0 Å². The highest BCUT2D eigenvalue weighted by atomic mass is 19.1. The van der Waals surface area contributed by atoms with Crippen molar-refractivity contribution in [3.8, 4) is 0 Å². The van der Waals surface area contributed by atoms with Crippen molar-refractivity contribution >= 4 is 11.8 Å². The summed E-state index contributed by atoms with van der Waals surface area (Å²) in [6, 6.07) is 5.93. The monoisotopic (exact) mass is 393 g/mol. The summed E-state index contributed by atoms with van der Waals surface area (Å²) in [5.74, 6) is -1.03. The van der Waals surface area contributed by atoms with Gasteiger partial charge in [0.1, 0.15) is 11.9 Å². The van der Waals surface area contributed by atoms with E-state index in [1.165, 1.54) is 12.1 Å². The summed E-state index contributed by atoms with van der Waals surface area (Å²) in [5, 5.41) is 14.1. The highest BCUT2D eigenvalue weighted by Gasteiger charge is 2.53. The van der Waals surface area contributed by atoms with Crippen LogP contribution in [0.25, 0.3) is 0 Å². The predicted molar refractivity (Wildman–Crippen MR) is 101 cm³/mol. The van der Waals surface area contributed by atoms with Crippen molar-refractivity contribution in [2.75, 3.05) is 26.2 Å². The number of primary amides is 1. The summed E-state index contributed by atoms with van der Waals surface area (Å²) in [6.45, 7) is 3.61. The Morgan fingerprint density at radius 3 is 2.71 bits per heavy atom. The molecular weight excluding hydrogens is 365 g/mol. The Bertz CT molecular complexity index is 736. The van der Waals surface area contributed by atoms with Gasteiger partial charge in [-0.2, -0.15) is 0 Å². The molecule has 2 fully saturated rings. The fraction of sp³-hybridized carbons (Fsp3) is 0.600. The molecule has 0 bridgehead atoms. The predicted octanol–water partition coefficient (Wildman–Crippen LogP) is 0.344. The van der Waals surface area contributed by atoms with Crippen LogP contribution in [0.3, 0.4) is 0 Å². The van der Waals surface area contributed by atoms with Gasteiger partial charge in [0.05, 0.1) is 24.1 Å². The number of benzene rings is 1. The van der Waals surface area contributed by atoms with E-state index in [4.69, 9.17) is 10.5 Å². The SMILES string of the molecule is C[C@]1(NC(=O)Cc2cccc(F)c2)CCOC2(CCN(CC(N)=O)CC2)[C@@H]1O. The average molecular weight is 393 g/mol. The minimum Gasteiger partial charge on any atom is -0.388 e. The summed E-state index contributed by atoms with van der Waals surface area (Å²) in [6.07, 6.45) is 0.741. The molecule has 7 nitrogen and oxygen atoms in total. The lowest BCUT2D eigenvalue weighted by atomic mass is 9.73. The van der Waals surface area contributed by atoms with Gasteiger partial charge >= 0.3 is 0 Å². The van der Waals surface area contributed by atoms with Gasteiger partial charge in [0.25, 0.3) is 0 Å². The van der Waals surface area contributed by atoms with E-state index in [1.54, 1.807) is 12.1 Å². The molecule has 2 aliphatic rings. The summed E-state index contributed by atoms with van der Waals surface area (Å²) in [7, 11) is 0. The fourth-order valence-electron chi connectivity index (χ4n) is 4.32. The summed E-state index contributed by atoms with van der Waals surface area (Å²) in [4.78, 5) is 25.6. The molecule has 1 aromatic carbocycles. The quantitative estimate of drug-likeness (QED) is 0.669. The number of nitrogens with zero attached hydrogens (tertiary/aromatic N) is 1. The smallest absolute Gasteiger partial charge is 0.231 e. The number of ether oxygens (including phenoxy) is 1. The number of likely N-dealkylation sites (tertiary alicyclic amines) is 1. The molecule has 0 unspecified atom stereocenters. The molecule has 0 saturated carbocycles. The van der Waals surface area contributed by atoms with Crippen LogP contribution in [0, 0.1) is 5.82 Å². The Morgan fingerprint density at radius 2 is 2.07 bits per heavy atom. The van der Waals surface area contributed by atoms with Gasteiger partial charge in [-0.05, 0) is 43.9 Å². The van der Waals surface area contributed by atoms with E-state index in [-0.39, 0.29) is 30.6 Å². The zero-order valence-electron chi connectivity index (χ0n) is 16.1. The lowest BCUT2D eigenvalue weighted by Gasteiger charge is -2.53. The zero-order chi connectivity index (χ0) is 20.4. The zero-order valence-corrected chi connectivity index (χ0v) is 16.1. The van der Waals surface area contributed by atoms with E-state index in [2.05, 4.69) is 5.32 Å². The van der Waals surface area contributed by atoms with Gasteiger partial charge in [-0.1, -0.05) is 12.1 Å². The van der Waals surface area contributed by atoms with Crippen molar-refractivity contribution in [1.82, 2.24) is 10.2 Å². The maximum Gasteiger partial charge on any atom is 0.231 e. The Kier molecular flexibility index (Phi) is 6.02. The minimum atomic E-state index is -0.888. The highest BCUT2D eigenvalue weighted by molar-refractivity contribution is 5.79. The second-order valence-corrected chi connectivity index (χ2v) is 8.08. The number of carbonyl (C=O) groups is 2. The molecule has 1 aromatic rings. The number of halogens is 1. The van der Waals surface area contributed by atoms with Crippen molar-refractivity contribution in [3.05, 3.63) is 35.6 Å². The molecule has 2 saturated heterocycles. The molecule has 2 aliphatic heterocycles. The van der Waals surface area contributed by atoms with Crippen LogP contribution in [0.4, 0.5) is 4.39 Å². The van der Waals surface area contributed by atoms with E-state index < -0.39 is 17.2 Å². The van der Waals surface area contributed by atoms with Gasteiger partial charge in [0.2, 0.25) is 11.8 Å². The number of aliphatic hydroxyl groups is 1. The van der Waals surface area contributed by atoms with Crippen LogP contribution in [0.15, 0.2) is 24.3 Å². The largest absolute Gasteiger partial charge is 0.388 e. The third-order valence-electron chi connectivity index (χ3n) is 5.87. The fourth-order valence-corrected chi connectivity index (χ4v) is 4.32. The summed E-state index contributed by atoms with van der Waals surface area (Å²) < 4.78 is 19.3. The van der Waals surface area contributed by atoms with Crippen LogP contribution in [-0.2, 0) is 20.7 Å². The van der Waals surface area contributed by atoms with Crippen LogP contribution >= 0.6 is 0 Å². The standard InChI is InChI=1S/C20H28FN3O4/c1-19(23-17(26)12-14-3-2-4-15(21)11-14)7-10-28-20(18(19)27)5-8-24(9-6-20)13-16(22)25/h2-4,11,18,27H,5-10,12-13H2,1H3,(H2,22,25)(H,23,26)/t18-,19+/m1/s1. The molecule has 4 N–H and O–H groups in total. The molecule has 154 valence electrons.